The minimum Gasteiger partial charge on any atom is 0 e. The number of aliphatic carboxylic acids is 1. The molecule has 0 spiro atoms. The molecule has 0 unspecified atom stereocenters. The molecule has 0 aliphatic carbocycles. The van der Waals surface area contributed by atoms with E-state index >= 15 is 0 Å². The van der Waals surface area contributed by atoms with Crippen LogP contribution in [0.3, 0.4) is 0 Å². The Morgan fingerprint density at radius 2 is 1.38 bits per heavy atom. The van der Waals surface area contributed by atoms with Crippen LogP contribution in [0, 0.1) is 6.42 Å². The van der Waals surface area contributed by atoms with Crippen LogP contribution in [0.5, 0.6) is 0 Å². The van der Waals surface area contributed by atoms with Crippen molar-refractivity contribution in [3.63, 3.8) is 0 Å². The monoisotopic (exact) mass is 712 g/mol. The fraction of sp³-hybridized carbons (Fsp3) is 0.250. The Labute approximate surface area is 167 Å². The van der Waals surface area contributed by atoms with Gasteiger partial charge >= 0.3 is 64.9 Å². The second kappa shape index (κ2) is 29.7. The summed E-state index contributed by atoms with van der Waals surface area (Å²) in [4.78, 5) is 16.8. The largest absolute Gasteiger partial charge is 0 e. The Kier molecular flexibility index (Phi) is 69.2. The fourth-order valence-electron chi connectivity index (χ4n) is 0. The van der Waals surface area contributed by atoms with Crippen molar-refractivity contribution in [2.75, 3.05) is 0 Å². The van der Waals surface area contributed by atoms with Gasteiger partial charge in [0.15, 0.2) is 5.97 Å². The van der Waals surface area contributed by atoms with Crippen molar-refractivity contribution >= 4 is 72.7 Å². The first-order valence-electron chi connectivity index (χ1n) is 2.04. The van der Waals surface area contributed by atoms with Crippen LogP contribution < -0.4 is 0 Å². The molecule has 0 aliphatic heterocycles. The van der Waals surface area contributed by atoms with Crippen molar-refractivity contribution in [2.24, 2.45) is 0 Å². The molecule has 74 valence electrons. The van der Waals surface area contributed by atoms with E-state index in [1.165, 1.54) is 6.92 Å². The second-order valence-electron chi connectivity index (χ2n) is 0.819. The zero-order chi connectivity index (χ0) is 9.86. The second-order valence-corrected chi connectivity index (χ2v) is 36.2. The first-order chi connectivity index (χ1) is 5.00. The van der Waals surface area contributed by atoms with Gasteiger partial charge in [-0.15, -0.1) is 0 Å². The van der Waals surface area contributed by atoms with Gasteiger partial charge in [-0.3, -0.25) is 18.0 Å². The Morgan fingerprint density at radius 3 is 1.38 bits per heavy atom. The summed E-state index contributed by atoms with van der Waals surface area (Å²) in [5.41, 5.74) is 0. The predicted molar refractivity (Wildman–Crippen MR) is 66.4 cm³/mol. The number of carbonyl (C=O) groups excluding carboxylic acids is 1. The summed E-state index contributed by atoms with van der Waals surface area (Å²) in [6.45, 7) is 4.72. The van der Waals surface area contributed by atoms with Crippen molar-refractivity contribution in [1.29, 1.82) is 0 Å². The Bertz CT molecular complexity index is 95.9. The van der Waals surface area contributed by atoms with Gasteiger partial charge in [-0.1, -0.05) is 0 Å². The Hall–Kier alpha value is 3.99. The van der Waals surface area contributed by atoms with Gasteiger partial charge in [-0.05, 0) is 0 Å². The number of carboxylic acid groups (broad SMARTS) is 1. The van der Waals surface area contributed by atoms with Gasteiger partial charge in [-0.2, -0.15) is 6.92 Å². The normalized spacial score (nSPS) is 5.62. The number of carbonyl (C=O) groups is 1. The maximum absolute atomic E-state index is 9.31. The standard InChI is InChI=1S/C3H5O2.CHO.3HI.V.2Y/c1-2-3(4)5;1-2;;;;;;/h2H,1H3,(H,4,5);1H;3*1H;;;/q2*-1;;;;+3;;/p-3. The fourth-order valence-corrected chi connectivity index (χ4v) is 0. The van der Waals surface area contributed by atoms with Gasteiger partial charge in [0.2, 0.25) is 0 Å². The van der Waals surface area contributed by atoms with E-state index in [9.17, 15) is 4.79 Å². The van der Waals surface area contributed by atoms with Gasteiger partial charge in [0.1, 0.15) is 0 Å². The quantitative estimate of drug-likeness (QED) is 0.259. The summed E-state index contributed by atoms with van der Waals surface area (Å²) < 4.78 is 0. The summed E-state index contributed by atoms with van der Waals surface area (Å²) in [7, 11) is 0. The van der Waals surface area contributed by atoms with Gasteiger partial charge in [0.25, 0.3) is 0 Å². The zero-order valence-electron chi connectivity index (χ0n) is 6.65. The van der Waals surface area contributed by atoms with E-state index in [1.54, 1.807) is 0 Å². The first kappa shape index (κ1) is 30.2. The van der Waals surface area contributed by atoms with E-state index in [0.717, 1.165) is 6.42 Å². The average Bonchev–Trinajstić information content (AvgIpc) is 1.91. The minimum atomic E-state index is -0.870. The van der Waals surface area contributed by atoms with Gasteiger partial charge in [-0.25, -0.2) is 0 Å². The summed E-state index contributed by atoms with van der Waals surface area (Å²) in [5, 5.41) is 7.67. The van der Waals surface area contributed by atoms with E-state index < -0.39 is 5.97 Å². The molecule has 3 nitrogen and oxygen atoms in total. The van der Waals surface area contributed by atoms with Crippen LogP contribution >= 0.6 is 59.9 Å². The summed E-state index contributed by atoms with van der Waals surface area (Å²) in [5.74, 6) is -0.870. The van der Waals surface area contributed by atoms with Crippen molar-refractivity contribution in [1.82, 2.24) is 0 Å². The van der Waals surface area contributed by atoms with Crippen LogP contribution in [0.25, 0.3) is 0 Å². The number of carboxylic acids is 1. The van der Waals surface area contributed by atoms with Gasteiger partial charge < -0.3 is 9.90 Å². The third-order valence-corrected chi connectivity index (χ3v) is 0.247. The summed E-state index contributed by atoms with van der Waals surface area (Å²) in [6.07, 6.45) is 1.08. The molecule has 0 aromatic heterocycles. The minimum absolute atomic E-state index is 0. The number of hydrogen-bond acceptors (Lipinski definition) is 2. The van der Waals surface area contributed by atoms with Crippen molar-refractivity contribution in [3.8, 4) is 0 Å². The summed E-state index contributed by atoms with van der Waals surface area (Å²) >= 11 is 7.39. The number of hydrogen-bond donors (Lipinski definition) is 1. The van der Waals surface area contributed by atoms with Crippen LogP contribution in [0.4, 0.5) is 0 Å². The molecule has 0 aromatic carbocycles. The average molecular weight is 712 g/mol. The maximum Gasteiger partial charge on any atom is 0 e. The van der Waals surface area contributed by atoms with Crippen LogP contribution in [-0.4, -0.2) is 17.9 Å². The van der Waals surface area contributed by atoms with E-state index in [1.807, 2.05) is 0 Å². The van der Waals surface area contributed by atoms with Crippen LogP contribution in [0.15, 0.2) is 0 Å². The topological polar surface area (TPSA) is 54.4 Å². The number of rotatable bonds is 1. The van der Waals surface area contributed by atoms with E-state index in [0.29, 0.717) is 0 Å². The molecule has 0 saturated heterocycles. The first-order valence-corrected chi connectivity index (χ1v) is 15.6. The van der Waals surface area contributed by atoms with Crippen molar-refractivity contribution < 1.29 is 85.0 Å². The third kappa shape index (κ3) is 87.2. The Balaban J connectivity index is -0.0000000246. The Morgan fingerprint density at radius 1 is 1.31 bits per heavy atom. The molecule has 13 heavy (non-hydrogen) atoms. The molecule has 0 heterocycles. The van der Waals surface area contributed by atoms with Gasteiger partial charge in [0.05, 0.1) is 0 Å². The molecular formula is C4H6I3O3VY2-2. The van der Waals surface area contributed by atoms with E-state index in [4.69, 9.17) is 9.90 Å². The molecule has 9 heteroatoms. The molecule has 0 amide bonds. The molecule has 0 rings (SSSR count). The van der Waals surface area contributed by atoms with Crippen molar-refractivity contribution in [3.05, 3.63) is 6.42 Å². The molecule has 0 aliphatic rings. The van der Waals surface area contributed by atoms with E-state index in [-0.39, 0.29) is 70.3 Å². The van der Waals surface area contributed by atoms with Gasteiger partial charge in [0, 0.05) is 65.4 Å². The summed E-state index contributed by atoms with van der Waals surface area (Å²) in [6, 6.07) is 0. The molecular weight excluding hydrogens is 706 g/mol. The van der Waals surface area contributed by atoms with Crippen LogP contribution in [0.1, 0.15) is 6.92 Å². The molecule has 0 saturated carbocycles. The third-order valence-electron chi connectivity index (χ3n) is 0.247. The maximum atomic E-state index is 9.31. The molecule has 0 fully saturated rings. The zero-order valence-corrected chi connectivity index (χ0v) is 20.2. The SMILES string of the molecule is C[CH-]C(=O)O.[CH-]=O.[I][V]([I])[I].[Y].[Y]. The molecule has 0 aromatic rings. The van der Waals surface area contributed by atoms with Crippen LogP contribution in [-0.2, 0) is 79.9 Å². The van der Waals surface area contributed by atoms with E-state index in [2.05, 4.69) is 66.7 Å². The molecule has 2 radical (unpaired) electrons. The molecule has 1 N–H and O–H groups in total. The van der Waals surface area contributed by atoms with Crippen molar-refractivity contribution in [2.45, 2.75) is 6.92 Å². The number of halogens is 3. The molecule has 0 bridgehead atoms. The molecule has 0 atom stereocenters. The smallest absolute Gasteiger partial charge is 0 e. The predicted octanol–water partition coefficient (Wildman–Crippen LogP) is 2.67. The van der Waals surface area contributed by atoms with Crippen LogP contribution in [0.2, 0.25) is 0 Å².